The number of rotatable bonds is 7. The van der Waals surface area contributed by atoms with Crippen molar-refractivity contribution in [3.8, 4) is 0 Å². The van der Waals surface area contributed by atoms with E-state index in [0.29, 0.717) is 5.56 Å². The predicted octanol–water partition coefficient (Wildman–Crippen LogP) is 6.83. The van der Waals surface area contributed by atoms with Gasteiger partial charge < -0.3 is 11.1 Å². The van der Waals surface area contributed by atoms with Gasteiger partial charge in [0.05, 0.1) is 32.4 Å². The average molecular weight is 556 g/mol. The zero-order valence-electron chi connectivity index (χ0n) is 18.1. The number of carbonyl (C=O) groups is 2. The van der Waals surface area contributed by atoms with E-state index in [1.165, 1.54) is 18.3 Å². The molecule has 0 fully saturated rings. The Kier molecular flexibility index (Phi) is 8.73. The van der Waals surface area contributed by atoms with E-state index in [1.807, 2.05) is 0 Å². The molecular formula is C24H16Cl3F3N4O2. The zero-order chi connectivity index (χ0) is 26.5. The number of aliphatic imine (C=N–C) groups is 1. The first-order valence-electron chi connectivity index (χ1n) is 10.0. The lowest BCUT2D eigenvalue weighted by Gasteiger charge is -2.11. The molecule has 3 rings (SSSR count). The van der Waals surface area contributed by atoms with Crippen molar-refractivity contribution in [1.82, 2.24) is 4.98 Å². The Morgan fingerprint density at radius 1 is 1.11 bits per heavy atom. The molecule has 0 aliphatic rings. The first kappa shape index (κ1) is 27.2. The Morgan fingerprint density at radius 3 is 2.53 bits per heavy atom. The molecule has 0 bridgehead atoms. The fourth-order valence-corrected chi connectivity index (χ4v) is 3.52. The van der Waals surface area contributed by atoms with Gasteiger partial charge in [-0.15, -0.1) is 11.6 Å². The molecule has 0 unspecified atom stereocenters. The number of halogens is 6. The number of nitrogens with two attached hydrogens (primary N) is 1. The lowest BCUT2D eigenvalue weighted by Crippen LogP contribution is -2.17. The molecule has 1 amide bonds. The number of benzene rings is 2. The Labute approximate surface area is 218 Å². The quantitative estimate of drug-likeness (QED) is 0.145. The Hall–Kier alpha value is -3.40. The van der Waals surface area contributed by atoms with Gasteiger partial charge in [0.15, 0.2) is 5.78 Å². The summed E-state index contributed by atoms with van der Waals surface area (Å²) in [4.78, 5) is 33.8. The van der Waals surface area contributed by atoms with E-state index in [2.05, 4.69) is 15.3 Å². The number of amides is 1. The van der Waals surface area contributed by atoms with Crippen LogP contribution in [-0.4, -0.2) is 22.9 Å². The minimum absolute atomic E-state index is 0.0984. The number of Topliss-reactive ketones (excluding diaryl/α,β-unsaturated/α-hetero) is 1. The Morgan fingerprint density at radius 2 is 1.86 bits per heavy atom. The van der Waals surface area contributed by atoms with Crippen molar-refractivity contribution in [2.45, 2.75) is 12.1 Å². The van der Waals surface area contributed by atoms with Crippen LogP contribution in [-0.2, 0) is 12.1 Å². The van der Waals surface area contributed by atoms with Crippen molar-refractivity contribution in [3.05, 3.63) is 98.8 Å². The molecule has 0 aliphatic carbocycles. The van der Waals surface area contributed by atoms with Gasteiger partial charge >= 0.3 is 6.18 Å². The van der Waals surface area contributed by atoms with Crippen LogP contribution in [0.4, 0.5) is 24.7 Å². The van der Waals surface area contributed by atoms with E-state index in [-0.39, 0.29) is 39.1 Å². The van der Waals surface area contributed by atoms with Crippen molar-refractivity contribution in [1.29, 1.82) is 0 Å². The standard InChI is InChI=1S/C24H16Cl3F3N4O2/c25-9-13-2-1-3-14(6-13)23(36)34-22-18(7-16(26)12-33-22)21(35)15(10-31)11-32-17-4-5-20(27)19(8-17)24(28,29)30/h1-8,10-12H,9,31H2,(H,33,34,36)/b15-10+,32-11?. The van der Waals surface area contributed by atoms with E-state index in [0.717, 1.165) is 24.5 Å². The third-order valence-corrected chi connectivity index (χ3v) is 5.57. The number of hydrogen-bond acceptors (Lipinski definition) is 5. The topological polar surface area (TPSA) is 97.4 Å². The number of ketones is 1. The monoisotopic (exact) mass is 554 g/mol. The van der Waals surface area contributed by atoms with Gasteiger partial charge in [0.1, 0.15) is 5.82 Å². The summed E-state index contributed by atoms with van der Waals surface area (Å²) in [5, 5.41) is 2.15. The van der Waals surface area contributed by atoms with Crippen molar-refractivity contribution < 1.29 is 22.8 Å². The maximum atomic E-state index is 13.2. The number of carbonyl (C=O) groups excluding carboxylic acids is 2. The number of alkyl halides is 4. The maximum absolute atomic E-state index is 13.2. The molecular weight excluding hydrogens is 540 g/mol. The highest BCUT2D eigenvalue weighted by Crippen LogP contribution is 2.36. The molecule has 1 aromatic heterocycles. The highest BCUT2D eigenvalue weighted by atomic mass is 35.5. The van der Waals surface area contributed by atoms with E-state index >= 15 is 0 Å². The number of aromatic nitrogens is 1. The highest BCUT2D eigenvalue weighted by molar-refractivity contribution is 6.32. The summed E-state index contributed by atoms with van der Waals surface area (Å²) >= 11 is 17.4. The van der Waals surface area contributed by atoms with Crippen LogP contribution in [0.1, 0.15) is 31.8 Å². The van der Waals surface area contributed by atoms with Crippen LogP contribution in [0, 0.1) is 0 Å². The number of nitrogens with one attached hydrogen (secondary N) is 1. The fraction of sp³-hybridized carbons (Fsp3) is 0.0833. The third kappa shape index (κ3) is 6.63. The SMILES string of the molecule is N/C=C(\C=Nc1ccc(Cl)c(C(F)(F)F)c1)C(=O)c1cc(Cl)cnc1NC(=O)c1cccc(CCl)c1. The molecule has 186 valence electrons. The number of nitrogens with zero attached hydrogens (tertiary/aromatic N) is 2. The first-order chi connectivity index (χ1) is 17.0. The molecule has 0 radical (unpaired) electrons. The third-order valence-electron chi connectivity index (χ3n) is 4.72. The van der Waals surface area contributed by atoms with E-state index < -0.39 is 28.5 Å². The van der Waals surface area contributed by atoms with Crippen molar-refractivity contribution in [3.63, 3.8) is 0 Å². The molecule has 0 saturated carbocycles. The van der Waals surface area contributed by atoms with Crippen LogP contribution >= 0.6 is 34.8 Å². The molecule has 3 N–H and O–H groups in total. The molecule has 1 heterocycles. The minimum atomic E-state index is -4.69. The number of allylic oxidation sites excluding steroid dienone is 1. The molecule has 12 heteroatoms. The van der Waals surface area contributed by atoms with Gasteiger partial charge in [-0.25, -0.2) is 4.98 Å². The van der Waals surface area contributed by atoms with E-state index in [9.17, 15) is 22.8 Å². The first-order valence-corrected chi connectivity index (χ1v) is 11.3. The fourth-order valence-electron chi connectivity index (χ4n) is 2.98. The Balaban J connectivity index is 1.90. The van der Waals surface area contributed by atoms with Crippen LogP contribution in [0.5, 0.6) is 0 Å². The van der Waals surface area contributed by atoms with Crippen LogP contribution in [0.2, 0.25) is 10.0 Å². The number of pyridine rings is 1. The van der Waals surface area contributed by atoms with Crippen LogP contribution in [0.3, 0.4) is 0 Å². The molecule has 0 atom stereocenters. The van der Waals surface area contributed by atoms with Crippen molar-refractivity contribution >= 4 is 64.2 Å². The molecule has 6 nitrogen and oxygen atoms in total. The highest BCUT2D eigenvalue weighted by Gasteiger charge is 2.33. The van der Waals surface area contributed by atoms with Gasteiger partial charge in [-0.05, 0) is 42.0 Å². The summed E-state index contributed by atoms with van der Waals surface area (Å²) in [6.07, 6.45) is -1.55. The molecule has 2 aromatic carbocycles. The van der Waals surface area contributed by atoms with Crippen molar-refractivity contribution in [2.75, 3.05) is 5.32 Å². The van der Waals surface area contributed by atoms with Crippen LogP contribution in [0.25, 0.3) is 0 Å². The van der Waals surface area contributed by atoms with Crippen molar-refractivity contribution in [2.24, 2.45) is 10.7 Å². The number of anilines is 1. The molecule has 3 aromatic rings. The summed E-state index contributed by atoms with van der Waals surface area (Å²) in [7, 11) is 0. The molecule has 0 aliphatic heterocycles. The summed E-state index contributed by atoms with van der Waals surface area (Å²) in [5.74, 6) is -1.19. The largest absolute Gasteiger partial charge is 0.417 e. The maximum Gasteiger partial charge on any atom is 0.417 e. The lowest BCUT2D eigenvalue weighted by atomic mass is 10.1. The summed E-state index contributed by atoms with van der Waals surface area (Å²) in [6.45, 7) is 0. The van der Waals surface area contributed by atoms with E-state index in [1.54, 1.807) is 24.3 Å². The molecule has 36 heavy (non-hydrogen) atoms. The van der Waals surface area contributed by atoms with Gasteiger partial charge in [-0.2, -0.15) is 13.2 Å². The van der Waals surface area contributed by atoms with Gasteiger partial charge in [-0.1, -0.05) is 35.3 Å². The average Bonchev–Trinajstić information content (AvgIpc) is 2.85. The van der Waals surface area contributed by atoms with Gasteiger partial charge in [0, 0.05) is 30.1 Å². The second-order valence-electron chi connectivity index (χ2n) is 7.21. The lowest BCUT2D eigenvalue weighted by molar-refractivity contribution is -0.137. The van der Waals surface area contributed by atoms with Gasteiger partial charge in [0.25, 0.3) is 5.91 Å². The second-order valence-corrected chi connectivity index (χ2v) is 8.32. The van der Waals surface area contributed by atoms with Gasteiger partial charge in [0.2, 0.25) is 0 Å². The smallest absolute Gasteiger partial charge is 0.404 e. The molecule has 0 spiro atoms. The summed E-state index contributed by atoms with van der Waals surface area (Å²) < 4.78 is 39.3. The molecule has 0 saturated heterocycles. The van der Waals surface area contributed by atoms with E-state index in [4.69, 9.17) is 40.5 Å². The minimum Gasteiger partial charge on any atom is -0.404 e. The zero-order valence-corrected chi connectivity index (χ0v) is 20.4. The van der Waals surface area contributed by atoms with Crippen LogP contribution < -0.4 is 11.1 Å². The summed E-state index contributed by atoms with van der Waals surface area (Å²) in [6, 6.07) is 10.8. The summed E-state index contributed by atoms with van der Waals surface area (Å²) in [5.41, 5.74) is 5.08. The Bertz CT molecular complexity index is 1370. The van der Waals surface area contributed by atoms with Crippen LogP contribution in [0.15, 0.2) is 71.5 Å². The second kappa shape index (κ2) is 11.6. The normalized spacial score (nSPS) is 12.1. The predicted molar refractivity (Wildman–Crippen MR) is 134 cm³/mol. The van der Waals surface area contributed by atoms with Gasteiger partial charge in [-0.3, -0.25) is 14.6 Å². The number of hydrogen-bond donors (Lipinski definition) is 2.